The Bertz CT molecular complexity index is 2290. The fourth-order valence-electron chi connectivity index (χ4n) is 9.70. The van der Waals surface area contributed by atoms with E-state index in [1.165, 1.54) is 41.7 Å². The van der Waals surface area contributed by atoms with Crippen LogP contribution in [-0.4, -0.2) is 194 Å². The van der Waals surface area contributed by atoms with Gasteiger partial charge < -0.3 is 92.3 Å². The molecule has 15 N–H and O–H groups in total. The van der Waals surface area contributed by atoms with Gasteiger partial charge in [-0.25, -0.2) is 0 Å². The van der Waals surface area contributed by atoms with E-state index in [0.717, 1.165) is 6.07 Å². The Morgan fingerprint density at radius 3 is 2.06 bits per heavy atom. The number of aromatic hydroxyl groups is 2. The summed E-state index contributed by atoms with van der Waals surface area (Å²) in [4.78, 5) is 109. The fraction of sp³-hybridized carbons (Fsp3) is 0.731. The maximum Gasteiger partial charge on any atom is 0.247 e. The van der Waals surface area contributed by atoms with Crippen LogP contribution in [0.15, 0.2) is 6.07 Å². The first-order valence-corrected chi connectivity index (χ1v) is 26.9. The van der Waals surface area contributed by atoms with Gasteiger partial charge in [0.15, 0.2) is 6.29 Å². The van der Waals surface area contributed by atoms with E-state index in [1.807, 2.05) is 6.92 Å². The molecule has 7 amide bonds. The molecule has 0 unspecified atom stereocenters. The van der Waals surface area contributed by atoms with E-state index in [0.29, 0.717) is 12.8 Å². The second kappa shape index (κ2) is 30.5. The number of phenolic OH excluding ortho intramolecular Hbond substituents is 2. The topological polar surface area (TPSA) is 410 Å². The number of ketones is 1. The third-order valence-electron chi connectivity index (χ3n) is 14.8. The quantitative estimate of drug-likeness (QED) is 0.0503. The van der Waals surface area contributed by atoms with Crippen molar-refractivity contribution in [2.45, 2.75) is 193 Å². The fourth-order valence-corrected chi connectivity index (χ4v) is 10.0. The minimum absolute atomic E-state index is 0.0501. The van der Waals surface area contributed by atoms with Gasteiger partial charge in [0.2, 0.25) is 41.4 Å². The van der Waals surface area contributed by atoms with Crippen molar-refractivity contribution in [1.29, 1.82) is 0 Å². The van der Waals surface area contributed by atoms with Crippen LogP contribution in [0.25, 0.3) is 0 Å². The number of ether oxygens (including phenoxy) is 3. The zero-order chi connectivity index (χ0) is 60.1. The highest BCUT2D eigenvalue weighted by Crippen LogP contribution is 2.40. The highest BCUT2D eigenvalue weighted by Gasteiger charge is 2.48. The third-order valence-corrected chi connectivity index (χ3v) is 15.2. The monoisotopic (exact) mass is 1150 g/mol. The molecular formula is C52H84ClN7O19. The molecule has 26 nitrogen and oxygen atoms in total. The van der Waals surface area contributed by atoms with Gasteiger partial charge in [0.05, 0.1) is 55.1 Å². The van der Waals surface area contributed by atoms with Gasteiger partial charge in [-0.15, -0.1) is 0 Å². The molecule has 0 aliphatic carbocycles. The Morgan fingerprint density at radius 2 is 1.49 bits per heavy atom. The lowest BCUT2D eigenvalue weighted by Crippen LogP contribution is -2.62. The first-order valence-electron chi connectivity index (χ1n) is 26.5. The first-order chi connectivity index (χ1) is 36.8. The Kier molecular flexibility index (Phi) is 26.3. The average Bonchev–Trinajstić information content (AvgIpc) is 3.40. The van der Waals surface area contributed by atoms with E-state index >= 15 is 0 Å². The Labute approximate surface area is 464 Å². The number of carbonyl (C=O) groups is 8. The van der Waals surface area contributed by atoms with E-state index < -0.39 is 198 Å². The second-order valence-electron chi connectivity index (χ2n) is 21.4. The summed E-state index contributed by atoms with van der Waals surface area (Å²) in [5.41, 5.74) is -0.349. The molecule has 2 fully saturated rings. The third kappa shape index (κ3) is 18.1. The van der Waals surface area contributed by atoms with E-state index in [9.17, 15) is 79.2 Å². The van der Waals surface area contributed by atoms with Crippen LogP contribution >= 0.6 is 11.6 Å². The molecule has 2 aliphatic heterocycles. The Hall–Kier alpha value is -5.29. The summed E-state index contributed by atoms with van der Waals surface area (Å²) in [5.74, 6) is -11.0. The van der Waals surface area contributed by atoms with Crippen molar-refractivity contribution >= 4 is 58.7 Å². The van der Waals surface area contributed by atoms with Gasteiger partial charge in [0.25, 0.3) is 0 Å². The minimum atomic E-state index is -1.83. The Balaban J connectivity index is 1.69. The zero-order valence-electron chi connectivity index (χ0n) is 46.8. The smallest absolute Gasteiger partial charge is 0.247 e. The molecule has 2 aliphatic rings. The maximum atomic E-state index is 14.2. The molecule has 3 rings (SSSR count). The highest BCUT2D eigenvalue weighted by molar-refractivity contribution is 6.33. The SMILES string of the molecule is CC[C@H](C)[C@@H]1NC(=O)[C@@H](c2cc(O)c(C)c(O)c2Cl)NC(=O)[C@H](NC(=O)[C@H](C)NC(=O)[C@H](NC(=O)CC(=O)[C@H](C)C[C@H](C)C[C@H](C)[C@@H](O)[C@H](C)[C@H](O[C@@H]2O[C@H](CO)[C@@H](OC)[C@H](O)[C@H]2O)[C@@H](C)O)[C@@H](C)O)[C@@H](C)NC(=O)CNC1=O. The van der Waals surface area contributed by atoms with Crippen molar-refractivity contribution in [3.63, 3.8) is 0 Å². The number of benzene rings is 1. The van der Waals surface area contributed by atoms with Gasteiger partial charge in [-0.3, -0.25) is 38.4 Å². The summed E-state index contributed by atoms with van der Waals surface area (Å²) < 4.78 is 16.7. The van der Waals surface area contributed by atoms with Crippen molar-refractivity contribution in [3.8, 4) is 11.5 Å². The van der Waals surface area contributed by atoms with Gasteiger partial charge in [-0.2, -0.15) is 0 Å². The standard InChI is InChI=1S/C52H84ClN7O19/c1-13-21(3)37-48(73)54-18-35(67)55-26(8)38(49(74)60-40(51(76)58-37)30-16-32(65)24(6)42(69)36(30)53)59-47(72)27(9)56-50(75)39(28(10)62)57-34(66)17-31(64)22(4)14-20(2)15-23(5)41(68)25(7)45(29(11)63)79-52-44(71)43(70)46(77-12)33(19-61)78-52/h16,20-23,25-29,33,37-41,43-46,52,61-63,65,68-71H,13-15,17-19H2,1-12H3,(H,54,73)(H,55,67)(H,56,75)(H,57,66)(H,58,76)(H,59,72)(H,60,74)/t20-,21-,22+,23-,25-,26+,27-,28+,29+,33+,37-,38+,39+,40+,41+,43+,44+,45-,46+,52-/m0/s1. The lowest BCUT2D eigenvalue weighted by Gasteiger charge is -2.44. The molecule has 448 valence electrons. The van der Waals surface area contributed by atoms with E-state index in [2.05, 4.69) is 37.2 Å². The lowest BCUT2D eigenvalue weighted by atomic mass is 9.80. The van der Waals surface area contributed by atoms with E-state index in [1.54, 1.807) is 34.6 Å². The molecular weight excluding hydrogens is 1060 g/mol. The number of methoxy groups -OCH3 is 1. The first kappa shape index (κ1) is 68.0. The minimum Gasteiger partial charge on any atom is -0.508 e. The number of aliphatic hydroxyl groups is 6. The van der Waals surface area contributed by atoms with Crippen molar-refractivity contribution < 1.29 is 93.4 Å². The van der Waals surface area contributed by atoms with Crippen LogP contribution in [0.1, 0.15) is 112 Å². The van der Waals surface area contributed by atoms with Crippen LogP contribution < -0.4 is 37.2 Å². The molecule has 0 bridgehead atoms. The number of halogens is 1. The van der Waals surface area contributed by atoms with Crippen molar-refractivity contribution in [2.75, 3.05) is 20.3 Å². The Morgan fingerprint density at radius 1 is 0.861 bits per heavy atom. The lowest BCUT2D eigenvalue weighted by molar-refractivity contribution is -0.325. The number of nitrogens with one attached hydrogen (secondary N) is 7. The maximum absolute atomic E-state index is 14.2. The summed E-state index contributed by atoms with van der Waals surface area (Å²) >= 11 is 6.47. The summed E-state index contributed by atoms with van der Waals surface area (Å²) in [7, 11) is 1.28. The number of rotatable bonds is 24. The van der Waals surface area contributed by atoms with Crippen LogP contribution in [0.4, 0.5) is 0 Å². The molecule has 0 radical (unpaired) electrons. The van der Waals surface area contributed by atoms with Gasteiger partial charge in [0.1, 0.15) is 71.9 Å². The van der Waals surface area contributed by atoms with Gasteiger partial charge in [0, 0.05) is 30.1 Å². The van der Waals surface area contributed by atoms with Gasteiger partial charge in [-0.05, 0) is 71.3 Å². The predicted octanol–water partition coefficient (Wildman–Crippen LogP) is -1.90. The number of phenols is 2. The largest absolute Gasteiger partial charge is 0.508 e. The van der Waals surface area contributed by atoms with Crippen LogP contribution in [-0.2, 0) is 52.6 Å². The summed E-state index contributed by atoms with van der Waals surface area (Å²) in [6.45, 7) is 15.5. The molecule has 1 aromatic carbocycles. The molecule has 0 spiro atoms. The van der Waals surface area contributed by atoms with Crippen LogP contribution in [0.3, 0.4) is 0 Å². The van der Waals surface area contributed by atoms with E-state index in [-0.39, 0.29) is 23.5 Å². The molecule has 27 heteroatoms. The normalized spacial score (nSPS) is 27.6. The molecule has 2 saturated heterocycles. The molecule has 20 atom stereocenters. The number of Topliss-reactive ketones (excluding diaryl/α,β-unsaturated/α-hetero) is 1. The number of hydrogen-bond donors (Lipinski definition) is 15. The number of aliphatic hydroxyl groups excluding tert-OH is 6. The van der Waals surface area contributed by atoms with Crippen molar-refractivity contribution in [3.05, 3.63) is 22.2 Å². The van der Waals surface area contributed by atoms with Crippen molar-refractivity contribution in [1.82, 2.24) is 37.2 Å². The number of amides is 7. The number of carbonyl (C=O) groups excluding carboxylic acids is 8. The van der Waals surface area contributed by atoms with Crippen LogP contribution in [0.5, 0.6) is 11.5 Å². The molecule has 0 aromatic heterocycles. The zero-order valence-corrected chi connectivity index (χ0v) is 47.6. The molecule has 2 heterocycles. The summed E-state index contributed by atoms with van der Waals surface area (Å²) in [6.07, 6.45) is -11.3. The molecule has 1 aromatic rings. The summed E-state index contributed by atoms with van der Waals surface area (Å²) in [5, 5.41) is 102. The summed E-state index contributed by atoms with van der Waals surface area (Å²) in [6, 6.07) is -8.28. The molecule has 0 saturated carbocycles. The van der Waals surface area contributed by atoms with E-state index in [4.69, 9.17) is 25.8 Å². The van der Waals surface area contributed by atoms with Crippen LogP contribution in [0.2, 0.25) is 5.02 Å². The highest BCUT2D eigenvalue weighted by atomic mass is 35.5. The average molecular weight is 1150 g/mol. The number of hydrogen-bond acceptors (Lipinski definition) is 19. The van der Waals surface area contributed by atoms with Gasteiger partial charge >= 0.3 is 0 Å². The van der Waals surface area contributed by atoms with Crippen LogP contribution in [0, 0.1) is 36.5 Å². The predicted molar refractivity (Wildman–Crippen MR) is 282 cm³/mol. The van der Waals surface area contributed by atoms with Gasteiger partial charge in [-0.1, -0.05) is 59.6 Å². The second-order valence-corrected chi connectivity index (χ2v) is 21.7. The van der Waals surface area contributed by atoms with Crippen molar-refractivity contribution in [2.24, 2.45) is 29.6 Å². The molecule has 79 heavy (non-hydrogen) atoms.